The van der Waals surface area contributed by atoms with Gasteiger partial charge in [0.05, 0.1) is 23.7 Å². The van der Waals surface area contributed by atoms with Gasteiger partial charge in [-0.15, -0.1) is 0 Å². The van der Waals surface area contributed by atoms with Gasteiger partial charge in [0.2, 0.25) is 0 Å². The second-order valence-electron chi connectivity index (χ2n) is 5.77. The van der Waals surface area contributed by atoms with E-state index >= 15 is 0 Å². The number of carbonyl (C=O) groups excluding carboxylic acids is 4. The molecule has 20 heavy (non-hydrogen) atoms. The number of ether oxygens (including phenoxy) is 2. The van der Waals surface area contributed by atoms with Crippen LogP contribution in [0.2, 0.25) is 0 Å². The van der Waals surface area contributed by atoms with Gasteiger partial charge < -0.3 is 9.47 Å². The Kier molecular flexibility index (Phi) is 3.31. The predicted octanol–water partition coefficient (Wildman–Crippen LogP) is 0.972. The van der Waals surface area contributed by atoms with Crippen LogP contribution < -0.4 is 0 Å². The number of carbonyl (C=O) groups is 4. The summed E-state index contributed by atoms with van der Waals surface area (Å²) in [6.45, 7) is 0. The maximum absolute atomic E-state index is 11.7. The molecule has 3 rings (SSSR count). The smallest absolute Gasteiger partial charge is 0.317 e. The summed E-state index contributed by atoms with van der Waals surface area (Å²) in [5.41, 5.74) is 0. The van der Waals surface area contributed by atoms with E-state index in [1.165, 1.54) is 0 Å². The van der Waals surface area contributed by atoms with Crippen LogP contribution in [0.5, 0.6) is 0 Å². The molecule has 6 nitrogen and oxygen atoms in total. The Morgan fingerprint density at radius 2 is 0.850 bits per heavy atom. The van der Waals surface area contributed by atoms with Gasteiger partial charge >= 0.3 is 23.9 Å². The van der Waals surface area contributed by atoms with Crippen LogP contribution in [0.3, 0.4) is 0 Å². The van der Waals surface area contributed by atoms with Gasteiger partial charge in [0.15, 0.2) is 0 Å². The molecule has 4 atom stereocenters. The predicted molar refractivity (Wildman–Crippen MR) is 63.9 cm³/mol. The number of hydrogen-bond donors (Lipinski definition) is 0. The van der Waals surface area contributed by atoms with E-state index in [-0.39, 0.29) is 11.8 Å². The number of esters is 4. The lowest BCUT2D eigenvalue weighted by Gasteiger charge is -2.19. The maximum Gasteiger partial charge on any atom is 0.317 e. The average molecular weight is 280 g/mol. The molecule has 6 heteroatoms. The zero-order valence-corrected chi connectivity index (χ0v) is 11.0. The highest BCUT2D eigenvalue weighted by Crippen LogP contribution is 2.39. The molecule has 0 spiro atoms. The molecule has 0 aromatic carbocycles. The summed E-state index contributed by atoms with van der Waals surface area (Å²) in [4.78, 5) is 46.7. The van der Waals surface area contributed by atoms with E-state index in [0.29, 0.717) is 25.7 Å². The minimum Gasteiger partial charge on any atom is -0.393 e. The lowest BCUT2D eigenvalue weighted by molar-refractivity contribution is -0.156. The molecule has 0 N–H and O–H groups in total. The zero-order valence-electron chi connectivity index (χ0n) is 11.0. The van der Waals surface area contributed by atoms with E-state index in [9.17, 15) is 19.2 Å². The van der Waals surface area contributed by atoms with Crippen molar-refractivity contribution in [2.24, 2.45) is 23.7 Å². The van der Waals surface area contributed by atoms with Gasteiger partial charge in [-0.3, -0.25) is 19.2 Å². The Labute approximate surface area is 115 Å². The summed E-state index contributed by atoms with van der Waals surface area (Å²) in [6, 6.07) is 0. The van der Waals surface area contributed by atoms with Crippen LogP contribution >= 0.6 is 0 Å². The van der Waals surface area contributed by atoms with Crippen molar-refractivity contribution in [2.45, 2.75) is 38.5 Å². The third-order valence-corrected chi connectivity index (χ3v) is 4.65. The van der Waals surface area contributed by atoms with Crippen molar-refractivity contribution in [3.63, 3.8) is 0 Å². The topological polar surface area (TPSA) is 86.7 Å². The fraction of sp³-hybridized carbons (Fsp3) is 0.714. The monoisotopic (exact) mass is 280 g/mol. The molecular weight excluding hydrogens is 264 g/mol. The quantitative estimate of drug-likeness (QED) is 0.485. The van der Waals surface area contributed by atoms with Crippen molar-refractivity contribution in [3.8, 4) is 0 Å². The number of fused-ring (bicyclic) bond motifs is 2. The van der Waals surface area contributed by atoms with Crippen LogP contribution in [0.25, 0.3) is 0 Å². The lowest BCUT2D eigenvalue weighted by Crippen LogP contribution is -2.24. The SMILES string of the molecule is O=C1OC(=O)[C@H]2CCCC[C@H]3C(=O)OC(=O)[C@H]3CCC12. The summed E-state index contributed by atoms with van der Waals surface area (Å²) in [5, 5.41) is 0. The van der Waals surface area contributed by atoms with Crippen molar-refractivity contribution in [1.82, 2.24) is 0 Å². The molecule has 3 aliphatic rings. The molecule has 2 saturated heterocycles. The molecular formula is C14H16O6. The molecule has 2 aliphatic heterocycles. The molecule has 1 unspecified atom stereocenters. The van der Waals surface area contributed by atoms with Gasteiger partial charge in [0.1, 0.15) is 0 Å². The van der Waals surface area contributed by atoms with Gasteiger partial charge in [-0.2, -0.15) is 0 Å². The third kappa shape index (κ3) is 2.13. The lowest BCUT2D eigenvalue weighted by atomic mass is 9.78. The van der Waals surface area contributed by atoms with Gasteiger partial charge in [-0.05, 0) is 25.7 Å². The Morgan fingerprint density at radius 1 is 0.550 bits per heavy atom. The van der Waals surface area contributed by atoms with Crippen LogP contribution in [0.4, 0.5) is 0 Å². The summed E-state index contributed by atoms with van der Waals surface area (Å²) in [7, 11) is 0. The van der Waals surface area contributed by atoms with E-state index in [2.05, 4.69) is 0 Å². The van der Waals surface area contributed by atoms with Gasteiger partial charge in [0, 0.05) is 0 Å². The number of cyclic esters (lactones) is 4. The maximum atomic E-state index is 11.7. The second kappa shape index (κ2) is 5.00. The van der Waals surface area contributed by atoms with Crippen molar-refractivity contribution in [3.05, 3.63) is 0 Å². The zero-order chi connectivity index (χ0) is 14.3. The Morgan fingerprint density at radius 3 is 1.20 bits per heavy atom. The first-order chi connectivity index (χ1) is 9.58. The van der Waals surface area contributed by atoms with Crippen molar-refractivity contribution in [1.29, 1.82) is 0 Å². The second-order valence-corrected chi connectivity index (χ2v) is 5.77. The van der Waals surface area contributed by atoms with Gasteiger partial charge in [-0.1, -0.05) is 12.8 Å². The average Bonchev–Trinajstić information content (AvgIpc) is 2.82. The summed E-state index contributed by atoms with van der Waals surface area (Å²) in [5.74, 6) is -3.57. The van der Waals surface area contributed by atoms with E-state index in [0.717, 1.165) is 12.8 Å². The highest BCUT2D eigenvalue weighted by molar-refractivity contribution is 5.97. The standard InChI is InChI=1S/C14H16O6/c15-11-7-3-1-2-4-8-10(14(18)20-12(8)16)6-5-9(7)13(17)19-11/h7-10H,1-6H2/t7-,8+,9+,10?/m1/s1. The first-order valence-electron chi connectivity index (χ1n) is 7.09. The highest BCUT2D eigenvalue weighted by atomic mass is 16.6. The minimum absolute atomic E-state index is 0.382. The molecule has 2 heterocycles. The normalized spacial score (nSPS) is 38.0. The molecule has 0 aromatic rings. The fourth-order valence-corrected chi connectivity index (χ4v) is 3.52. The fourth-order valence-electron chi connectivity index (χ4n) is 3.52. The highest BCUT2D eigenvalue weighted by Gasteiger charge is 2.48. The molecule has 1 aliphatic carbocycles. The Balaban J connectivity index is 1.79. The number of rotatable bonds is 0. The summed E-state index contributed by atoms with van der Waals surface area (Å²) < 4.78 is 9.40. The van der Waals surface area contributed by atoms with Crippen molar-refractivity contribution >= 4 is 23.9 Å². The first-order valence-corrected chi connectivity index (χ1v) is 7.09. The third-order valence-electron chi connectivity index (χ3n) is 4.65. The van der Waals surface area contributed by atoms with E-state index in [1.807, 2.05) is 0 Å². The van der Waals surface area contributed by atoms with Crippen LogP contribution in [0.1, 0.15) is 38.5 Å². The van der Waals surface area contributed by atoms with Crippen molar-refractivity contribution < 1.29 is 28.7 Å². The minimum atomic E-state index is -0.491. The first kappa shape index (κ1) is 13.3. The molecule has 0 radical (unpaired) electrons. The Hall–Kier alpha value is -1.72. The largest absolute Gasteiger partial charge is 0.393 e. The molecule has 0 bridgehead atoms. The summed E-state index contributed by atoms with van der Waals surface area (Å²) >= 11 is 0. The van der Waals surface area contributed by atoms with Crippen molar-refractivity contribution in [2.75, 3.05) is 0 Å². The van der Waals surface area contributed by atoms with E-state index in [1.54, 1.807) is 0 Å². The van der Waals surface area contributed by atoms with Gasteiger partial charge in [-0.25, -0.2) is 0 Å². The van der Waals surface area contributed by atoms with Crippen LogP contribution in [-0.4, -0.2) is 23.9 Å². The molecule has 0 aromatic heterocycles. The molecule has 0 amide bonds. The molecule has 3 fully saturated rings. The molecule has 1 saturated carbocycles. The van der Waals surface area contributed by atoms with E-state index < -0.39 is 35.7 Å². The van der Waals surface area contributed by atoms with Crippen LogP contribution in [0, 0.1) is 23.7 Å². The van der Waals surface area contributed by atoms with Crippen LogP contribution in [-0.2, 0) is 28.7 Å². The van der Waals surface area contributed by atoms with Crippen LogP contribution in [0.15, 0.2) is 0 Å². The Bertz CT molecular complexity index is 438. The number of hydrogen-bond acceptors (Lipinski definition) is 6. The van der Waals surface area contributed by atoms with E-state index in [4.69, 9.17) is 9.47 Å². The molecule has 108 valence electrons. The summed E-state index contributed by atoms with van der Waals surface area (Å²) in [6.07, 6.45) is 3.51. The van der Waals surface area contributed by atoms with Gasteiger partial charge in [0.25, 0.3) is 0 Å².